The molecule has 1 unspecified atom stereocenters. The molecule has 0 amide bonds. The van der Waals surface area contributed by atoms with Gasteiger partial charge in [-0.1, -0.05) is 54.6 Å². The summed E-state index contributed by atoms with van der Waals surface area (Å²) in [5.74, 6) is -1.26. The van der Waals surface area contributed by atoms with E-state index in [1.54, 1.807) is 44.3 Å². The van der Waals surface area contributed by atoms with Gasteiger partial charge in [0.1, 0.15) is 23.9 Å². The number of hydrogen-bond acceptors (Lipinski definition) is 6. The summed E-state index contributed by atoms with van der Waals surface area (Å²) in [5.41, 5.74) is 6.25. The minimum absolute atomic E-state index is 0.223. The largest absolute Gasteiger partial charge is 0.490 e. The van der Waals surface area contributed by atoms with Crippen LogP contribution in [-0.2, 0) is 22.6 Å². The van der Waals surface area contributed by atoms with Gasteiger partial charge < -0.3 is 19.3 Å². The van der Waals surface area contributed by atoms with Gasteiger partial charge in [0.25, 0.3) is 0 Å². The number of carbonyl (C=O) groups is 1. The Hall–Kier alpha value is -5.61. The summed E-state index contributed by atoms with van der Waals surface area (Å²) in [4.78, 5) is 18.1. The van der Waals surface area contributed by atoms with E-state index in [9.17, 15) is 14.3 Å². The van der Waals surface area contributed by atoms with Crippen LogP contribution in [0, 0.1) is 25.5 Å². The zero-order valence-corrected chi connectivity index (χ0v) is 29.7. The molecule has 0 bridgehead atoms. The lowest BCUT2D eigenvalue weighted by Crippen LogP contribution is -2.29. The van der Waals surface area contributed by atoms with Crippen molar-refractivity contribution >= 4 is 11.6 Å². The van der Waals surface area contributed by atoms with Gasteiger partial charge in [0.05, 0.1) is 23.5 Å². The van der Waals surface area contributed by atoms with Crippen molar-refractivity contribution in [2.24, 2.45) is 0 Å². The van der Waals surface area contributed by atoms with Crippen LogP contribution in [-0.4, -0.2) is 37.9 Å². The summed E-state index contributed by atoms with van der Waals surface area (Å²) in [6.07, 6.45) is -0.111. The van der Waals surface area contributed by atoms with Gasteiger partial charge in [0, 0.05) is 27.9 Å². The van der Waals surface area contributed by atoms with E-state index in [1.165, 1.54) is 18.2 Å². The number of rotatable bonds is 9. The van der Waals surface area contributed by atoms with E-state index in [4.69, 9.17) is 24.3 Å². The molecule has 0 fully saturated rings. The molecule has 1 atom stereocenters. The van der Waals surface area contributed by atoms with Crippen LogP contribution in [0.2, 0.25) is 0 Å². The summed E-state index contributed by atoms with van der Waals surface area (Å²) in [5, 5.41) is 15.8. The van der Waals surface area contributed by atoms with Crippen LogP contribution in [0.5, 0.6) is 11.5 Å². The molecule has 52 heavy (non-hydrogen) atoms. The van der Waals surface area contributed by atoms with Crippen molar-refractivity contribution in [3.63, 3.8) is 0 Å². The topological polar surface area (TPSA) is 95.2 Å². The van der Waals surface area contributed by atoms with E-state index in [0.717, 1.165) is 34.2 Å². The molecule has 10 heteroatoms. The number of aromatic nitrogens is 3. The quantitative estimate of drug-likeness (QED) is 0.160. The smallest absolute Gasteiger partial charge is 0.337 e. The number of benzene rings is 4. The fourth-order valence-corrected chi connectivity index (χ4v) is 6.79. The van der Waals surface area contributed by atoms with Crippen LogP contribution in [0.15, 0.2) is 84.9 Å². The number of aliphatic carboxylic acids is 1. The molecule has 6 aromatic rings. The third kappa shape index (κ3) is 6.74. The Morgan fingerprint density at radius 1 is 0.981 bits per heavy atom. The van der Waals surface area contributed by atoms with Crippen molar-refractivity contribution < 1.29 is 32.9 Å². The first-order chi connectivity index (χ1) is 24.9. The number of hydrogen-bond donors (Lipinski definition) is 1. The zero-order chi connectivity index (χ0) is 36.7. The molecule has 0 aliphatic carbocycles. The van der Waals surface area contributed by atoms with Gasteiger partial charge in [0.15, 0.2) is 23.3 Å². The first-order valence-electron chi connectivity index (χ1n) is 17.2. The molecular formula is C42H39F2N3O5. The highest BCUT2D eigenvalue weighted by Crippen LogP contribution is 2.44. The molecule has 2 aromatic heterocycles. The Morgan fingerprint density at radius 3 is 2.42 bits per heavy atom. The Morgan fingerprint density at radius 2 is 1.71 bits per heavy atom. The highest BCUT2D eigenvalue weighted by atomic mass is 19.1. The molecule has 0 saturated carbocycles. The van der Waals surface area contributed by atoms with E-state index >= 15 is 4.39 Å². The summed E-state index contributed by atoms with van der Waals surface area (Å²) in [6, 6.07) is 24.7. The first kappa shape index (κ1) is 34.8. The summed E-state index contributed by atoms with van der Waals surface area (Å²) >= 11 is 0. The maximum atomic E-state index is 16.0. The number of ether oxygens (including phenoxy) is 3. The van der Waals surface area contributed by atoms with E-state index in [0.29, 0.717) is 52.6 Å². The lowest BCUT2D eigenvalue weighted by atomic mass is 9.90. The van der Waals surface area contributed by atoms with Crippen LogP contribution in [0.25, 0.3) is 39.3 Å². The number of halogens is 2. The Kier molecular flexibility index (Phi) is 9.27. The standard InChI is InChI=1S/C42H39F2N3O5/c1-24-31-15-10-20-50-38(31)33(44)22-32(24)37-34(39(41(48)49)52-42(3,4)5)25(2)45-40-35(36(46-47(37)40)27-11-7-6-8-12-27)28-13-9-14-30(21-28)51-23-26-16-18-29(43)19-17-26/h6-9,11-14,16-19,21-22,39H,10,15,20,23H2,1-5H3,(H,48,49). The molecular weight excluding hydrogens is 664 g/mol. The fourth-order valence-electron chi connectivity index (χ4n) is 6.79. The molecule has 7 rings (SSSR count). The third-order valence-electron chi connectivity index (χ3n) is 9.13. The number of fused-ring (bicyclic) bond motifs is 2. The van der Waals surface area contributed by atoms with Gasteiger partial charge in [-0.05, 0) is 94.5 Å². The van der Waals surface area contributed by atoms with Crippen molar-refractivity contribution in [2.75, 3.05) is 6.61 Å². The second kappa shape index (κ2) is 13.8. The van der Waals surface area contributed by atoms with Crippen molar-refractivity contribution in [1.29, 1.82) is 0 Å². The van der Waals surface area contributed by atoms with Gasteiger partial charge in [0.2, 0.25) is 0 Å². The SMILES string of the molecule is Cc1nc2c(-c3cccc(OCc4ccc(F)cc4)c3)c(-c3ccccc3)nn2c(-c2cc(F)c3c(c2C)CCCO3)c1C(OC(C)(C)C)C(=O)O. The van der Waals surface area contributed by atoms with Crippen LogP contribution >= 0.6 is 0 Å². The van der Waals surface area contributed by atoms with Crippen LogP contribution < -0.4 is 9.47 Å². The van der Waals surface area contributed by atoms with Gasteiger partial charge in [-0.2, -0.15) is 5.10 Å². The van der Waals surface area contributed by atoms with Crippen molar-refractivity contribution in [3.8, 4) is 45.1 Å². The first-order valence-corrected chi connectivity index (χ1v) is 17.2. The predicted molar refractivity (Wildman–Crippen MR) is 194 cm³/mol. The van der Waals surface area contributed by atoms with E-state index in [-0.39, 0.29) is 23.7 Å². The lowest BCUT2D eigenvalue weighted by Gasteiger charge is -2.28. The average Bonchev–Trinajstić information content (AvgIpc) is 3.50. The Balaban J connectivity index is 1.51. The summed E-state index contributed by atoms with van der Waals surface area (Å²) in [6.45, 7) is 9.66. The van der Waals surface area contributed by atoms with Crippen LogP contribution in [0.3, 0.4) is 0 Å². The fraction of sp³-hybridized carbons (Fsp3) is 0.262. The van der Waals surface area contributed by atoms with Crippen LogP contribution in [0.1, 0.15) is 61.2 Å². The van der Waals surface area contributed by atoms with E-state index in [2.05, 4.69) is 0 Å². The Labute approximate surface area is 300 Å². The average molecular weight is 704 g/mol. The normalized spacial score (nSPS) is 13.4. The maximum absolute atomic E-state index is 16.0. The number of nitrogens with zero attached hydrogens (tertiary/aromatic N) is 3. The Bertz CT molecular complexity index is 2300. The number of aryl methyl sites for hydroxylation is 1. The monoisotopic (exact) mass is 703 g/mol. The highest BCUT2D eigenvalue weighted by Gasteiger charge is 2.35. The van der Waals surface area contributed by atoms with Crippen molar-refractivity contribution in [1.82, 2.24) is 14.6 Å². The van der Waals surface area contributed by atoms with E-state index < -0.39 is 23.5 Å². The summed E-state index contributed by atoms with van der Waals surface area (Å²) < 4.78 is 49.3. The summed E-state index contributed by atoms with van der Waals surface area (Å²) in [7, 11) is 0. The number of carboxylic acid groups (broad SMARTS) is 1. The van der Waals surface area contributed by atoms with E-state index in [1.807, 2.05) is 61.5 Å². The second-order valence-corrected chi connectivity index (χ2v) is 14.0. The highest BCUT2D eigenvalue weighted by molar-refractivity contribution is 5.93. The molecule has 1 aliphatic heterocycles. The maximum Gasteiger partial charge on any atom is 0.337 e. The van der Waals surface area contributed by atoms with Crippen molar-refractivity contribution in [2.45, 2.75) is 65.8 Å². The van der Waals surface area contributed by atoms with Gasteiger partial charge in [-0.15, -0.1) is 0 Å². The molecule has 0 saturated heterocycles. The van der Waals surface area contributed by atoms with Gasteiger partial charge in [-0.25, -0.2) is 23.1 Å². The van der Waals surface area contributed by atoms with Crippen LogP contribution in [0.4, 0.5) is 8.78 Å². The van der Waals surface area contributed by atoms with Gasteiger partial charge in [-0.3, -0.25) is 0 Å². The predicted octanol–water partition coefficient (Wildman–Crippen LogP) is 9.47. The molecule has 1 aliphatic rings. The molecule has 4 aromatic carbocycles. The molecule has 266 valence electrons. The molecule has 0 radical (unpaired) electrons. The molecule has 0 spiro atoms. The van der Waals surface area contributed by atoms with Crippen molar-refractivity contribution in [3.05, 3.63) is 125 Å². The minimum atomic E-state index is -1.45. The molecule has 3 heterocycles. The molecule has 1 N–H and O–H groups in total. The van der Waals surface area contributed by atoms with Gasteiger partial charge >= 0.3 is 5.97 Å². The zero-order valence-electron chi connectivity index (χ0n) is 29.7. The number of carboxylic acids is 1. The minimum Gasteiger partial charge on any atom is -0.490 e. The lowest BCUT2D eigenvalue weighted by molar-refractivity contribution is -0.160. The second-order valence-electron chi connectivity index (χ2n) is 14.0. The third-order valence-corrected chi connectivity index (χ3v) is 9.13. The molecule has 8 nitrogen and oxygen atoms in total.